The summed E-state index contributed by atoms with van der Waals surface area (Å²) >= 11 is 0. The second-order valence-electron chi connectivity index (χ2n) is 9.35. The summed E-state index contributed by atoms with van der Waals surface area (Å²) in [4.78, 5) is 24.6. The van der Waals surface area contributed by atoms with Gasteiger partial charge in [0.25, 0.3) is 5.91 Å². The number of ether oxygens (including phenoxy) is 1. The van der Waals surface area contributed by atoms with Crippen molar-refractivity contribution >= 4 is 27.8 Å². The number of aromatic nitrogens is 3. The first-order valence-corrected chi connectivity index (χ1v) is 12.5. The fourth-order valence-corrected chi connectivity index (χ4v) is 5.03. The Kier molecular flexibility index (Phi) is 6.08. The van der Waals surface area contributed by atoms with Crippen LogP contribution in [0.25, 0.3) is 21.9 Å². The number of carbonyl (C=O) groups excluding carboxylic acids is 1. The molecule has 1 fully saturated rings. The number of para-hydroxylation sites is 4. The van der Waals surface area contributed by atoms with Crippen LogP contribution in [0.5, 0.6) is 5.75 Å². The summed E-state index contributed by atoms with van der Waals surface area (Å²) in [5.41, 5.74) is 3.49. The number of benzene rings is 3. The van der Waals surface area contributed by atoms with Crippen LogP contribution in [-0.4, -0.2) is 38.4 Å². The number of hydrogen-bond acceptors (Lipinski definition) is 4. The largest absolute Gasteiger partial charge is 0.486 e. The van der Waals surface area contributed by atoms with Crippen molar-refractivity contribution in [3.63, 3.8) is 0 Å². The first kappa shape index (κ1) is 22.3. The monoisotopic (exact) mass is 476 g/mol. The molecule has 1 saturated heterocycles. The van der Waals surface area contributed by atoms with Crippen LogP contribution in [-0.2, 0) is 13.2 Å². The zero-order valence-corrected chi connectivity index (χ0v) is 20.1. The Morgan fingerprint density at radius 3 is 2.36 bits per heavy atom. The van der Waals surface area contributed by atoms with E-state index in [0.29, 0.717) is 18.2 Å². The molecule has 0 radical (unpaired) electrons. The second kappa shape index (κ2) is 9.82. The molecule has 0 atom stereocenters. The lowest BCUT2D eigenvalue weighted by Gasteiger charge is -2.32. The molecule has 6 nitrogen and oxygen atoms in total. The highest BCUT2D eigenvalue weighted by atomic mass is 16.5. The van der Waals surface area contributed by atoms with E-state index in [1.54, 1.807) is 0 Å². The van der Waals surface area contributed by atoms with Crippen LogP contribution in [0.2, 0.25) is 0 Å². The Bertz CT molecular complexity index is 1500. The first-order valence-electron chi connectivity index (χ1n) is 12.5. The number of amides is 1. The molecule has 2 aromatic heterocycles. The second-order valence-corrected chi connectivity index (χ2v) is 9.35. The minimum absolute atomic E-state index is 0.0178. The first-order chi connectivity index (χ1) is 17.7. The predicted molar refractivity (Wildman–Crippen MR) is 141 cm³/mol. The van der Waals surface area contributed by atoms with Gasteiger partial charge in [0.05, 0.1) is 16.6 Å². The minimum atomic E-state index is 0.0178. The number of fused-ring (bicyclic) bond motifs is 2. The highest BCUT2D eigenvalue weighted by Gasteiger charge is 2.26. The van der Waals surface area contributed by atoms with Crippen LogP contribution in [0.3, 0.4) is 0 Å². The molecule has 180 valence electrons. The van der Waals surface area contributed by atoms with Gasteiger partial charge in [-0.3, -0.25) is 4.79 Å². The van der Waals surface area contributed by atoms with E-state index in [0.717, 1.165) is 66.0 Å². The van der Waals surface area contributed by atoms with Gasteiger partial charge in [-0.2, -0.15) is 0 Å². The molecule has 6 rings (SSSR count). The molecule has 0 aliphatic carbocycles. The lowest BCUT2D eigenvalue weighted by Crippen LogP contribution is -2.39. The molecule has 3 aromatic carbocycles. The molecule has 0 unspecified atom stereocenters. The Balaban J connectivity index is 1.14. The number of pyridine rings is 1. The van der Waals surface area contributed by atoms with Crippen LogP contribution in [0.4, 0.5) is 0 Å². The molecular formula is C30H28N4O2. The number of hydrogen-bond donors (Lipinski definition) is 0. The topological polar surface area (TPSA) is 60.2 Å². The van der Waals surface area contributed by atoms with E-state index < -0.39 is 0 Å². The van der Waals surface area contributed by atoms with E-state index in [1.165, 1.54) is 0 Å². The van der Waals surface area contributed by atoms with Gasteiger partial charge in [0, 0.05) is 25.0 Å². The van der Waals surface area contributed by atoms with Crippen molar-refractivity contribution in [2.45, 2.75) is 26.0 Å². The van der Waals surface area contributed by atoms with Crippen LogP contribution in [0.1, 0.15) is 29.2 Å². The third-order valence-electron chi connectivity index (χ3n) is 7.00. The summed E-state index contributed by atoms with van der Waals surface area (Å²) in [5.74, 6) is 2.25. The molecule has 1 aliphatic rings. The number of nitrogens with zero attached hydrogens (tertiary/aromatic N) is 4. The van der Waals surface area contributed by atoms with Crippen LogP contribution in [0.15, 0.2) is 91.0 Å². The van der Waals surface area contributed by atoms with Gasteiger partial charge >= 0.3 is 0 Å². The maximum Gasteiger partial charge on any atom is 0.272 e. The van der Waals surface area contributed by atoms with Gasteiger partial charge in [0.1, 0.15) is 23.9 Å². The molecule has 0 N–H and O–H groups in total. The fourth-order valence-electron chi connectivity index (χ4n) is 5.03. The van der Waals surface area contributed by atoms with E-state index in [2.05, 4.69) is 27.8 Å². The lowest BCUT2D eigenvalue weighted by molar-refractivity contribution is 0.0677. The van der Waals surface area contributed by atoms with Crippen molar-refractivity contribution in [3.8, 4) is 5.75 Å². The van der Waals surface area contributed by atoms with E-state index in [1.807, 2.05) is 77.7 Å². The Morgan fingerprint density at radius 1 is 0.806 bits per heavy atom. The number of carbonyl (C=O) groups is 1. The van der Waals surface area contributed by atoms with E-state index in [4.69, 9.17) is 9.72 Å². The summed E-state index contributed by atoms with van der Waals surface area (Å²) in [6, 6.07) is 29.8. The lowest BCUT2D eigenvalue weighted by atomic mass is 9.96. The standard InChI is InChI=1S/C30H28N4O2/c35-30(27-15-14-23-8-4-5-11-25(23)31-27)33-18-16-22(17-19-33)20-34-28-13-7-6-12-26(28)32-29(34)21-36-24-9-2-1-3-10-24/h1-15,22H,16-21H2. The van der Waals surface area contributed by atoms with Crippen molar-refractivity contribution in [1.29, 1.82) is 0 Å². The Labute approximate surface area is 210 Å². The maximum absolute atomic E-state index is 13.1. The fraction of sp³-hybridized carbons (Fsp3) is 0.233. The minimum Gasteiger partial charge on any atom is -0.486 e. The van der Waals surface area contributed by atoms with Gasteiger partial charge in [-0.05, 0) is 55.2 Å². The third-order valence-corrected chi connectivity index (χ3v) is 7.00. The molecule has 3 heterocycles. The summed E-state index contributed by atoms with van der Waals surface area (Å²) in [7, 11) is 0. The number of imidazole rings is 1. The van der Waals surface area contributed by atoms with Gasteiger partial charge in [0.2, 0.25) is 0 Å². The predicted octanol–water partition coefficient (Wildman–Crippen LogP) is 5.72. The summed E-state index contributed by atoms with van der Waals surface area (Å²) in [5, 5.41) is 1.05. The van der Waals surface area contributed by atoms with Crippen LogP contribution < -0.4 is 4.74 Å². The highest BCUT2D eigenvalue weighted by molar-refractivity contribution is 5.95. The SMILES string of the molecule is O=C(c1ccc2ccccc2n1)N1CCC(Cn2c(COc3ccccc3)nc3ccccc32)CC1. The molecule has 0 bridgehead atoms. The van der Waals surface area contributed by atoms with Crippen molar-refractivity contribution in [1.82, 2.24) is 19.4 Å². The highest BCUT2D eigenvalue weighted by Crippen LogP contribution is 2.25. The third kappa shape index (κ3) is 4.54. The average Bonchev–Trinajstić information content (AvgIpc) is 3.29. The average molecular weight is 477 g/mol. The molecule has 1 amide bonds. The van der Waals surface area contributed by atoms with Crippen molar-refractivity contribution in [2.24, 2.45) is 5.92 Å². The Morgan fingerprint density at radius 2 is 1.53 bits per heavy atom. The molecule has 1 aliphatic heterocycles. The molecule has 0 saturated carbocycles. The van der Waals surface area contributed by atoms with Crippen LogP contribution in [0, 0.1) is 5.92 Å². The van der Waals surface area contributed by atoms with Gasteiger partial charge in [-0.15, -0.1) is 0 Å². The molecule has 6 heteroatoms. The zero-order valence-electron chi connectivity index (χ0n) is 20.1. The van der Waals surface area contributed by atoms with E-state index in [9.17, 15) is 4.79 Å². The zero-order chi connectivity index (χ0) is 24.3. The van der Waals surface area contributed by atoms with Gasteiger partial charge in [-0.25, -0.2) is 9.97 Å². The summed E-state index contributed by atoms with van der Waals surface area (Å²) in [6.07, 6.45) is 1.90. The van der Waals surface area contributed by atoms with Gasteiger partial charge in [0.15, 0.2) is 0 Å². The van der Waals surface area contributed by atoms with Crippen LogP contribution >= 0.6 is 0 Å². The number of likely N-dealkylation sites (tertiary alicyclic amines) is 1. The molecular weight excluding hydrogens is 448 g/mol. The number of piperidine rings is 1. The normalized spacial score (nSPS) is 14.4. The van der Waals surface area contributed by atoms with Crippen molar-refractivity contribution < 1.29 is 9.53 Å². The molecule has 36 heavy (non-hydrogen) atoms. The smallest absolute Gasteiger partial charge is 0.272 e. The van der Waals surface area contributed by atoms with Gasteiger partial charge in [-0.1, -0.05) is 54.6 Å². The quantitative estimate of drug-likeness (QED) is 0.315. The molecule has 5 aromatic rings. The molecule has 0 spiro atoms. The van der Waals surface area contributed by atoms with E-state index in [-0.39, 0.29) is 5.91 Å². The van der Waals surface area contributed by atoms with Crippen molar-refractivity contribution in [2.75, 3.05) is 13.1 Å². The van der Waals surface area contributed by atoms with Gasteiger partial charge < -0.3 is 14.2 Å². The summed E-state index contributed by atoms with van der Waals surface area (Å²) < 4.78 is 8.33. The van der Waals surface area contributed by atoms with E-state index >= 15 is 0 Å². The Hall–Kier alpha value is -4.19. The van der Waals surface area contributed by atoms with Crippen molar-refractivity contribution in [3.05, 3.63) is 103 Å². The number of rotatable bonds is 6. The maximum atomic E-state index is 13.1. The summed E-state index contributed by atoms with van der Waals surface area (Å²) in [6.45, 7) is 2.76.